The predicted octanol–water partition coefficient (Wildman–Crippen LogP) is 3.40. The molecule has 0 spiro atoms. The van der Waals surface area contributed by atoms with Crippen molar-refractivity contribution in [1.29, 1.82) is 0 Å². The van der Waals surface area contributed by atoms with Crippen molar-refractivity contribution in [3.8, 4) is 0 Å². The minimum absolute atomic E-state index is 0.0984. The van der Waals surface area contributed by atoms with Crippen LogP contribution in [0.3, 0.4) is 0 Å². The van der Waals surface area contributed by atoms with E-state index in [1.165, 1.54) is 17.0 Å². The zero-order valence-corrected chi connectivity index (χ0v) is 11.4. The van der Waals surface area contributed by atoms with Crippen molar-refractivity contribution in [3.63, 3.8) is 0 Å². The monoisotopic (exact) mass is 314 g/mol. The van der Waals surface area contributed by atoms with Gasteiger partial charge in [-0.25, -0.2) is 4.39 Å². The van der Waals surface area contributed by atoms with E-state index in [-0.39, 0.29) is 11.9 Å². The maximum absolute atomic E-state index is 13.2. The number of hydrogen-bond donors (Lipinski definition) is 2. The highest BCUT2D eigenvalue weighted by Crippen LogP contribution is 2.27. The molecule has 0 amide bonds. The number of halogens is 2. The van der Waals surface area contributed by atoms with Crippen molar-refractivity contribution >= 4 is 27.3 Å². The Hall–Kier alpha value is -0.750. The molecule has 0 fully saturated rings. The summed E-state index contributed by atoms with van der Waals surface area (Å²) >= 11 is 5.08. The van der Waals surface area contributed by atoms with Crippen molar-refractivity contribution in [2.75, 3.05) is 0 Å². The fraction of sp³-hybridized carbons (Fsp3) is 0.167. The Morgan fingerprint density at radius 3 is 2.88 bits per heavy atom. The zero-order chi connectivity index (χ0) is 12.3. The van der Waals surface area contributed by atoms with Crippen LogP contribution in [0, 0.1) is 5.82 Å². The van der Waals surface area contributed by atoms with Gasteiger partial charge in [0.25, 0.3) is 0 Å². The molecule has 1 atom stereocenters. The molecule has 5 heteroatoms. The van der Waals surface area contributed by atoms with Crippen LogP contribution < -0.4 is 11.3 Å². The summed E-state index contributed by atoms with van der Waals surface area (Å²) in [6.07, 6.45) is 0.746. The predicted molar refractivity (Wildman–Crippen MR) is 72.2 cm³/mol. The van der Waals surface area contributed by atoms with Gasteiger partial charge in [-0.15, -0.1) is 11.3 Å². The number of nitrogens with two attached hydrogens (primary N) is 1. The Bertz CT molecular complexity index is 487. The molecule has 2 nitrogen and oxygen atoms in total. The first-order valence-electron chi connectivity index (χ1n) is 5.14. The quantitative estimate of drug-likeness (QED) is 0.670. The molecule has 0 radical (unpaired) electrons. The Morgan fingerprint density at radius 1 is 1.41 bits per heavy atom. The Morgan fingerprint density at radius 2 is 2.24 bits per heavy atom. The molecular formula is C12H12BrFN2S. The molecule has 0 bridgehead atoms. The summed E-state index contributed by atoms with van der Waals surface area (Å²) in [6, 6.07) is 8.56. The van der Waals surface area contributed by atoms with E-state index < -0.39 is 0 Å². The third-order valence-corrected chi connectivity index (χ3v) is 4.14. The van der Waals surface area contributed by atoms with Crippen LogP contribution in [0.25, 0.3) is 0 Å². The largest absolute Gasteiger partial charge is 0.271 e. The molecule has 0 saturated carbocycles. The first kappa shape index (κ1) is 12.7. The SMILES string of the molecule is NNC(Cc1cccs1)c1cc(F)ccc1Br. The van der Waals surface area contributed by atoms with Crippen LogP contribution in [0.4, 0.5) is 4.39 Å². The molecular weight excluding hydrogens is 303 g/mol. The number of hydrazine groups is 1. The van der Waals surface area contributed by atoms with Gasteiger partial charge in [0.05, 0.1) is 6.04 Å². The summed E-state index contributed by atoms with van der Waals surface area (Å²) < 4.78 is 14.1. The molecule has 1 heterocycles. The Balaban J connectivity index is 2.25. The van der Waals surface area contributed by atoms with Crippen LogP contribution in [0.5, 0.6) is 0 Å². The molecule has 0 aliphatic carbocycles. The molecule has 2 rings (SSSR count). The molecule has 17 heavy (non-hydrogen) atoms. The second kappa shape index (κ2) is 5.73. The number of thiophene rings is 1. The average Bonchev–Trinajstić information content (AvgIpc) is 2.82. The molecule has 0 aliphatic rings. The van der Waals surface area contributed by atoms with E-state index in [2.05, 4.69) is 21.4 Å². The number of rotatable bonds is 4. The zero-order valence-electron chi connectivity index (χ0n) is 8.99. The summed E-state index contributed by atoms with van der Waals surface area (Å²) in [6.45, 7) is 0. The Kier molecular flexibility index (Phi) is 4.28. The lowest BCUT2D eigenvalue weighted by molar-refractivity contribution is 0.545. The Labute approximate surface area is 112 Å². The third-order valence-electron chi connectivity index (χ3n) is 2.52. The number of benzene rings is 1. The van der Waals surface area contributed by atoms with Gasteiger partial charge < -0.3 is 0 Å². The first-order valence-corrected chi connectivity index (χ1v) is 6.81. The molecule has 2 aromatic rings. The third kappa shape index (κ3) is 3.13. The van der Waals surface area contributed by atoms with Gasteiger partial charge in [0.1, 0.15) is 5.82 Å². The standard InChI is InChI=1S/C12H12BrFN2S/c13-11-4-3-8(14)6-10(11)12(16-15)7-9-2-1-5-17-9/h1-6,12,16H,7,15H2. The van der Waals surface area contributed by atoms with E-state index in [1.807, 2.05) is 17.5 Å². The summed E-state index contributed by atoms with van der Waals surface area (Å²) in [5.41, 5.74) is 3.57. The lowest BCUT2D eigenvalue weighted by atomic mass is 10.0. The summed E-state index contributed by atoms with van der Waals surface area (Å²) in [4.78, 5) is 1.21. The van der Waals surface area contributed by atoms with E-state index >= 15 is 0 Å². The fourth-order valence-electron chi connectivity index (χ4n) is 1.67. The second-order valence-corrected chi connectivity index (χ2v) is 5.56. The summed E-state index contributed by atoms with van der Waals surface area (Å²) in [5.74, 6) is 5.30. The lowest BCUT2D eigenvalue weighted by Crippen LogP contribution is -2.29. The highest BCUT2D eigenvalue weighted by atomic mass is 79.9. The van der Waals surface area contributed by atoms with Crippen LogP contribution in [0.1, 0.15) is 16.5 Å². The number of nitrogens with one attached hydrogen (secondary N) is 1. The van der Waals surface area contributed by atoms with Gasteiger partial charge in [-0.05, 0) is 35.2 Å². The van der Waals surface area contributed by atoms with Gasteiger partial charge in [-0.3, -0.25) is 11.3 Å². The van der Waals surface area contributed by atoms with Gasteiger partial charge in [0.15, 0.2) is 0 Å². The minimum Gasteiger partial charge on any atom is -0.271 e. The molecule has 3 N–H and O–H groups in total. The molecule has 0 saturated heterocycles. The van der Waals surface area contributed by atoms with Gasteiger partial charge >= 0.3 is 0 Å². The van der Waals surface area contributed by atoms with Crippen molar-refractivity contribution in [3.05, 3.63) is 56.4 Å². The molecule has 1 aromatic heterocycles. The van der Waals surface area contributed by atoms with Crippen LogP contribution in [0.15, 0.2) is 40.2 Å². The van der Waals surface area contributed by atoms with Gasteiger partial charge in [-0.2, -0.15) is 0 Å². The first-order chi connectivity index (χ1) is 8.20. The highest BCUT2D eigenvalue weighted by Gasteiger charge is 2.15. The van der Waals surface area contributed by atoms with E-state index in [1.54, 1.807) is 17.4 Å². The maximum Gasteiger partial charge on any atom is 0.123 e. The molecule has 1 aromatic carbocycles. The van der Waals surface area contributed by atoms with Gasteiger partial charge in [0.2, 0.25) is 0 Å². The van der Waals surface area contributed by atoms with E-state index in [0.717, 1.165) is 16.5 Å². The maximum atomic E-state index is 13.2. The summed E-state index contributed by atoms with van der Waals surface area (Å²) in [5, 5.41) is 2.02. The molecule has 1 unspecified atom stereocenters. The van der Waals surface area contributed by atoms with Gasteiger partial charge in [-0.1, -0.05) is 22.0 Å². The lowest BCUT2D eigenvalue weighted by Gasteiger charge is -2.17. The van der Waals surface area contributed by atoms with Gasteiger partial charge in [0, 0.05) is 15.8 Å². The van der Waals surface area contributed by atoms with Crippen LogP contribution >= 0.6 is 27.3 Å². The van der Waals surface area contributed by atoms with Crippen LogP contribution in [-0.4, -0.2) is 0 Å². The van der Waals surface area contributed by atoms with Crippen molar-refractivity contribution < 1.29 is 4.39 Å². The van der Waals surface area contributed by atoms with Crippen molar-refractivity contribution in [1.82, 2.24) is 5.43 Å². The number of hydrogen-bond acceptors (Lipinski definition) is 3. The molecule has 0 aliphatic heterocycles. The summed E-state index contributed by atoms with van der Waals surface area (Å²) in [7, 11) is 0. The highest BCUT2D eigenvalue weighted by molar-refractivity contribution is 9.10. The van der Waals surface area contributed by atoms with E-state index in [9.17, 15) is 4.39 Å². The molecule has 90 valence electrons. The van der Waals surface area contributed by atoms with Crippen molar-refractivity contribution in [2.45, 2.75) is 12.5 Å². The second-order valence-electron chi connectivity index (χ2n) is 3.67. The fourth-order valence-corrected chi connectivity index (χ4v) is 2.95. The van der Waals surface area contributed by atoms with Crippen LogP contribution in [-0.2, 0) is 6.42 Å². The normalized spacial score (nSPS) is 12.6. The van der Waals surface area contributed by atoms with E-state index in [0.29, 0.717) is 0 Å². The smallest absolute Gasteiger partial charge is 0.123 e. The van der Waals surface area contributed by atoms with Crippen molar-refractivity contribution in [2.24, 2.45) is 5.84 Å². The minimum atomic E-state index is -0.255. The topological polar surface area (TPSA) is 38.0 Å². The van der Waals surface area contributed by atoms with Crippen LogP contribution in [0.2, 0.25) is 0 Å². The van der Waals surface area contributed by atoms with E-state index in [4.69, 9.17) is 5.84 Å². The average molecular weight is 315 g/mol.